The molecule has 28 heavy (non-hydrogen) atoms. The predicted octanol–water partition coefficient (Wildman–Crippen LogP) is 5.06. The summed E-state index contributed by atoms with van der Waals surface area (Å²) in [6, 6.07) is 16.5. The number of nitriles is 1. The van der Waals surface area contributed by atoms with Gasteiger partial charge >= 0.3 is 6.03 Å². The Kier molecular flexibility index (Phi) is 5.43. The van der Waals surface area contributed by atoms with Crippen molar-refractivity contribution in [3.63, 3.8) is 0 Å². The molecule has 0 radical (unpaired) electrons. The van der Waals surface area contributed by atoms with Crippen LogP contribution in [0.5, 0.6) is 5.75 Å². The van der Waals surface area contributed by atoms with Gasteiger partial charge in [0.05, 0.1) is 18.8 Å². The van der Waals surface area contributed by atoms with E-state index in [4.69, 9.17) is 22.1 Å². The van der Waals surface area contributed by atoms with Gasteiger partial charge in [0, 0.05) is 27.9 Å². The second-order valence-corrected chi connectivity index (χ2v) is 6.85. The molecule has 3 rings (SSSR count). The van der Waals surface area contributed by atoms with Gasteiger partial charge in [-0.25, -0.2) is 4.79 Å². The van der Waals surface area contributed by atoms with Gasteiger partial charge < -0.3 is 10.5 Å². The second kappa shape index (κ2) is 7.79. The van der Waals surface area contributed by atoms with Crippen LogP contribution in [0.1, 0.15) is 30.9 Å². The zero-order valence-electron chi connectivity index (χ0n) is 15.9. The number of carbonyl (C=O) groups is 1. The number of hydrogen-bond donors (Lipinski definition) is 1. The zero-order valence-corrected chi connectivity index (χ0v) is 16.6. The lowest BCUT2D eigenvalue weighted by Gasteiger charge is -2.36. The highest BCUT2D eigenvalue weighted by atomic mass is 35.5. The average molecular weight is 394 g/mol. The van der Waals surface area contributed by atoms with E-state index in [2.05, 4.69) is 6.07 Å². The van der Waals surface area contributed by atoms with Crippen LogP contribution in [-0.2, 0) is 0 Å². The van der Waals surface area contributed by atoms with Gasteiger partial charge in [0.2, 0.25) is 0 Å². The van der Waals surface area contributed by atoms with E-state index in [1.54, 1.807) is 20.1 Å². The zero-order chi connectivity index (χ0) is 20.4. The number of rotatable bonds is 3. The number of allylic oxidation sites excluding steroid dienone is 4. The Bertz CT molecular complexity index is 1050. The van der Waals surface area contributed by atoms with Crippen molar-refractivity contribution < 1.29 is 9.53 Å². The van der Waals surface area contributed by atoms with Crippen molar-refractivity contribution >= 4 is 23.2 Å². The summed E-state index contributed by atoms with van der Waals surface area (Å²) in [5.74, 6) is 0.181. The van der Waals surface area contributed by atoms with E-state index in [9.17, 15) is 10.1 Å². The van der Waals surface area contributed by atoms with E-state index in [-0.39, 0.29) is 0 Å². The fourth-order valence-corrected chi connectivity index (χ4v) is 4.01. The van der Waals surface area contributed by atoms with Gasteiger partial charge in [0.1, 0.15) is 5.75 Å². The third kappa shape index (κ3) is 3.12. The minimum Gasteiger partial charge on any atom is -0.496 e. The van der Waals surface area contributed by atoms with Crippen LogP contribution in [0.3, 0.4) is 0 Å². The van der Waals surface area contributed by atoms with E-state index in [1.807, 2.05) is 49.4 Å². The van der Waals surface area contributed by atoms with Crippen molar-refractivity contribution in [3.8, 4) is 11.8 Å². The molecule has 0 fully saturated rings. The Labute approximate surface area is 169 Å². The lowest BCUT2D eigenvalue weighted by atomic mass is 9.77. The Hall–Kier alpha value is -3.23. The molecule has 1 unspecified atom stereocenters. The maximum absolute atomic E-state index is 12.2. The third-order valence-electron chi connectivity index (χ3n) is 4.98. The second-order valence-electron chi connectivity index (χ2n) is 6.44. The van der Waals surface area contributed by atoms with Crippen LogP contribution in [-0.4, -0.2) is 18.0 Å². The maximum Gasteiger partial charge on any atom is 0.323 e. The number of hydrogen-bond acceptors (Lipinski definition) is 3. The Morgan fingerprint density at radius 2 is 1.79 bits per heavy atom. The van der Waals surface area contributed by atoms with Gasteiger partial charge in [-0.3, -0.25) is 4.90 Å². The van der Waals surface area contributed by atoms with Crippen LogP contribution in [0.4, 0.5) is 4.79 Å². The first-order valence-electron chi connectivity index (χ1n) is 8.71. The first-order valence-corrected chi connectivity index (χ1v) is 9.09. The minimum absolute atomic E-state index is 0.415. The summed E-state index contributed by atoms with van der Waals surface area (Å²) in [5.41, 5.74) is 9.51. The quantitative estimate of drug-likeness (QED) is 0.791. The number of benzene rings is 2. The normalized spacial score (nSPS) is 16.8. The molecule has 0 aromatic heterocycles. The number of halogens is 1. The number of nitrogens with zero attached hydrogens (tertiary/aromatic N) is 2. The molecule has 2 amide bonds. The molecule has 142 valence electrons. The smallest absolute Gasteiger partial charge is 0.323 e. The highest BCUT2D eigenvalue weighted by Gasteiger charge is 2.37. The van der Waals surface area contributed by atoms with E-state index < -0.39 is 11.9 Å². The van der Waals surface area contributed by atoms with Crippen LogP contribution >= 0.6 is 11.6 Å². The van der Waals surface area contributed by atoms with Crippen LogP contribution in [0, 0.1) is 11.3 Å². The standard InChI is InChI=1S/C22H20ClN3O2/c1-13-17(12-24)21(15-8-4-6-10-18(15)23)20(14(2)26(13)22(25)27)16-9-5-7-11-19(16)28-3/h4-11,21H,1-3H3,(H2,25,27). The first kappa shape index (κ1) is 19.5. The highest BCUT2D eigenvalue weighted by Crippen LogP contribution is 2.49. The molecule has 1 heterocycles. The fourth-order valence-electron chi connectivity index (χ4n) is 3.77. The summed E-state index contributed by atoms with van der Waals surface area (Å²) in [6.07, 6.45) is 0. The van der Waals surface area contributed by atoms with Gasteiger partial charge in [-0.15, -0.1) is 0 Å². The van der Waals surface area contributed by atoms with Gasteiger partial charge in [-0.2, -0.15) is 5.26 Å². The highest BCUT2D eigenvalue weighted by molar-refractivity contribution is 6.31. The molecule has 1 aliphatic heterocycles. The largest absolute Gasteiger partial charge is 0.496 e. The van der Waals surface area contributed by atoms with Crippen LogP contribution in [0.2, 0.25) is 5.02 Å². The van der Waals surface area contributed by atoms with Crippen molar-refractivity contribution in [2.45, 2.75) is 19.8 Å². The summed E-state index contributed by atoms with van der Waals surface area (Å²) in [4.78, 5) is 13.6. The number of methoxy groups -OCH3 is 1. The molecule has 0 spiro atoms. The fraction of sp³-hybridized carbons (Fsp3) is 0.182. The van der Waals surface area contributed by atoms with Crippen molar-refractivity contribution in [3.05, 3.63) is 81.6 Å². The van der Waals surface area contributed by atoms with Gasteiger partial charge in [0.15, 0.2) is 0 Å². The summed E-state index contributed by atoms with van der Waals surface area (Å²) >= 11 is 6.51. The van der Waals surface area contributed by atoms with Crippen molar-refractivity contribution in [1.29, 1.82) is 5.26 Å². The Morgan fingerprint density at radius 3 is 2.39 bits per heavy atom. The summed E-state index contributed by atoms with van der Waals surface area (Å²) in [7, 11) is 1.58. The van der Waals surface area contributed by atoms with Crippen molar-refractivity contribution in [2.24, 2.45) is 5.73 Å². The molecule has 2 aromatic carbocycles. The first-order chi connectivity index (χ1) is 13.4. The Morgan fingerprint density at radius 1 is 1.14 bits per heavy atom. The molecule has 0 aliphatic carbocycles. The SMILES string of the molecule is COc1ccccc1C1=C(C)N(C(N)=O)C(C)=C(C#N)C1c1ccccc1Cl. The number of urea groups is 1. The molecular formula is C22H20ClN3O2. The van der Waals surface area contributed by atoms with Crippen LogP contribution in [0.25, 0.3) is 5.57 Å². The molecular weight excluding hydrogens is 374 g/mol. The van der Waals surface area contributed by atoms with Gasteiger partial charge in [-0.1, -0.05) is 48.0 Å². The number of nitrogens with two attached hydrogens (primary N) is 1. The monoisotopic (exact) mass is 393 g/mol. The molecule has 0 bridgehead atoms. The molecule has 2 N–H and O–H groups in total. The van der Waals surface area contributed by atoms with E-state index in [0.29, 0.717) is 27.7 Å². The average Bonchev–Trinajstić information content (AvgIpc) is 2.68. The lowest BCUT2D eigenvalue weighted by Crippen LogP contribution is -2.37. The van der Waals surface area contributed by atoms with Crippen LogP contribution < -0.4 is 10.5 Å². The molecule has 2 aromatic rings. The van der Waals surface area contributed by atoms with Gasteiger partial charge in [-0.05, 0) is 37.1 Å². The summed E-state index contributed by atoms with van der Waals surface area (Å²) in [5, 5.41) is 10.5. The predicted molar refractivity (Wildman–Crippen MR) is 110 cm³/mol. The summed E-state index contributed by atoms with van der Waals surface area (Å²) in [6.45, 7) is 3.53. The van der Waals surface area contributed by atoms with E-state index in [0.717, 1.165) is 16.7 Å². The number of ether oxygens (including phenoxy) is 1. The van der Waals surface area contributed by atoms with E-state index in [1.165, 1.54) is 4.90 Å². The Balaban J connectivity index is 2.40. The molecule has 1 atom stereocenters. The topological polar surface area (TPSA) is 79.3 Å². The number of para-hydroxylation sites is 1. The molecule has 0 saturated carbocycles. The third-order valence-corrected chi connectivity index (χ3v) is 5.33. The molecule has 6 heteroatoms. The lowest BCUT2D eigenvalue weighted by molar-refractivity contribution is 0.229. The van der Waals surface area contributed by atoms with Crippen LogP contribution in [0.15, 0.2) is 65.5 Å². The van der Waals surface area contributed by atoms with Crippen molar-refractivity contribution in [2.75, 3.05) is 7.11 Å². The number of amides is 2. The minimum atomic E-state index is -0.646. The van der Waals surface area contributed by atoms with Crippen molar-refractivity contribution in [1.82, 2.24) is 4.90 Å². The number of primary amides is 1. The maximum atomic E-state index is 12.2. The van der Waals surface area contributed by atoms with Gasteiger partial charge in [0.25, 0.3) is 0 Å². The van der Waals surface area contributed by atoms with E-state index >= 15 is 0 Å². The number of carbonyl (C=O) groups excluding carboxylic acids is 1. The molecule has 5 nitrogen and oxygen atoms in total. The molecule has 1 aliphatic rings. The summed E-state index contributed by atoms with van der Waals surface area (Å²) < 4.78 is 5.55. The molecule has 0 saturated heterocycles.